The molecule has 82 valence electrons. The van der Waals surface area contributed by atoms with Gasteiger partial charge in [0, 0.05) is 12.1 Å². The minimum Gasteiger partial charge on any atom is -0.324 e. The zero-order valence-corrected chi connectivity index (χ0v) is 9.30. The van der Waals surface area contributed by atoms with E-state index in [-0.39, 0.29) is 5.54 Å². The molecule has 2 aliphatic rings. The summed E-state index contributed by atoms with van der Waals surface area (Å²) in [5, 5.41) is 0. The van der Waals surface area contributed by atoms with Crippen LogP contribution in [0, 0.1) is 0 Å². The number of hydrogen-bond donors (Lipinski definition) is 1. The number of nitrogens with two attached hydrogens (primary N) is 1. The summed E-state index contributed by atoms with van der Waals surface area (Å²) in [7, 11) is 0. The van der Waals surface area contributed by atoms with Crippen LogP contribution >= 0.6 is 0 Å². The van der Waals surface area contributed by atoms with E-state index in [1.54, 1.807) is 0 Å². The van der Waals surface area contributed by atoms with Crippen LogP contribution in [0.1, 0.15) is 51.4 Å². The summed E-state index contributed by atoms with van der Waals surface area (Å²) in [5.74, 6) is 0. The molecular weight excluding hydrogens is 172 g/mol. The molecule has 0 aromatic rings. The fourth-order valence-corrected chi connectivity index (χ4v) is 2.71. The summed E-state index contributed by atoms with van der Waals surface area (Å²) in [6.45, 7) is 3.74. The maximum Gasteiger partial charge on any atom is 0.0283 e. The molecule has 2 fully saturated rings. The van der Waals surface area contributed by atoms with Crippen molar-refractivity contribution in [3.05, 3.63) is 0 Å². The average molecular weight is 196 g/mol. The van der Waals surface area contributed by atoms with Gasteiger partial charge < -0.3 is 10.6 Å². The third kappa shape index (κ3) is 2.71. The zero-order chi connectivity index (χ0) is 9.86. The Bertz CT molecular complexity index is 167. The van der Waals surface area contributed by atoms with Gasteiger partial charge in [-0.25, -0.2) is 0 Å². The molecule has 0 aromatic carbocycles. The van der Waals surface area contributed by atoms with Crippen LogP contribution in [0.2, 0.25) is 0 Å². The van der Waals surface area contributed by atoms with E-state index in [0.717, 1.165) is 6.54 Å². The topological polar surface area (TPSA) is 29.3 Å². The van der Waals surface area contributed by atoms with E-state index in [2.05, 4.69) is 4.90 Å². The second-order valence-electron chi connectivity index (χ2n) is 5.26. The third-order valence-corrected chi connectivity index (χ3v) is 3.84. The van der Waals surface area contributed by atoms with E-state index in [0.29, 0.717) is 0 Å². The first-order valence-corrected chi connectivity index (χ1v) is 6.30. The van der Waals surface area contributed by atoms with Crippen LogP contribution in [-0.4, -0.2) is 30.1 Å². The number of rotatable bonds is 2. The Labute approximate surface area is 87.8 Å². The monoisotopic (exact) mass is 196 g/mol. The normalized spacial score (nSPS) is 28.9. The molecule has 1 aliphatic carbocycles. The zero-order valence-electron chi connectivity index (χ0n) is 9.30. The lowest BCUT2D eigenvalue weighted by atomic mass is 9.77. The second-order valence-corrected chi connectivity index (χ2v) is 5.26. The van der Waals surface area contributed by atoms with Crippen LogP contribution in [0.3, 0.4) is 0 Å². The molecule has 2 heteroatoms. The molecule has 0 atom stereocenters. The van der Waals surface area contributed by atoms with E-state index in [1.807, 2.05) is 0 Å². The summed E-state index contributed by atoms with van der Waals surface area (Å²) in [5.41, 5.74) is 6.48. The first-order chi connectivity index (χ1) is 6.79. The molecule has 0 amide bonds. The number of likely N-dealkylation sites (tertiary alicyclic amines) is 1. The SMILES string of the molecule is NC1(CN2CCCCCCC2)CCC1. The van der Waals surface area contributed by atoms with Crippen LogP contribution in [0.25, 0.3) is 0 Å². The Morgan fingerprint density at radius 2 is 1.43 bits per heavy atom. The molecule has 14 heavy (non-hydrogen) atoms. The predicted molar refractivity (Wildman–Crippen MR) is 60.3 cm³/mol. The molecule has 0 radical (unpaired) electrons. The highest BCUT2D eigenvalue weighted by molar-refractivity contribution is 4.95. The maximum absolute atomic E-state index is 6.28. The van der Waals surface area contributed by atoms with E-state index in [1.165, 1.54) is 64.5 Å². The van der Waals surface area contributed by atoms with Crippen molar-refractivity contribution in [3.63, 3.8) is 0 Å². The van der Waals surface area contributed by atoms with Gasteiger partial charge >= 0.3 is 0 Å². The summed E-state index contributed by atoms with van der Waals surface area (Å²) in [6, 6.07) is 0. The van der Waals surface area contributed by atoms with Crippen molar-refractivity contribution < 1.29 is 0 Å². The number of hydrogen-bond acceptors (Lipinski definition) is 2. The van der Waals surface area contributed by atoms with Crippen molar-refractivity contribution in [2.75, 3.05) is 19.6 Å². The minimum atomic E-state index is 0.194. The molecular formula is C12H24N2. The molecule has 1 heterocycles. The molecule has 0 bridgehead atoms. The fraction of sp³-hybridized carbons (Fsp3) is 1.00. The second kappa shape index (κ2) is 4.63. The summed E-state index contributed by atoms with van der Waals surface area (Å²) in [6.07, 6.45) is 10.9. The minimum absolute atomic E-state index is 0.194. The average Bonchev–Trinajstić information content (AvgIpc) is 2.07. The van der Waals surface area contributed by atoms with Gasteiger partial charge in [-0.05, 0) is 45.2 Å². The van der Waals surface area contributed by atoms with Gasteiger partial charge in [0.05, 0.1) is 0 Å². The molecule has 1 aliphatic heterocycles. The van der Waals surface area contributed by atoms with Crippen molar-refractivity contribution in [1.82, 2.24) is 4.90 Å². The molecule has 0 unspecified atom stereocenters. The van der Waals surface area contributed by atoms with Gasteiger partial charge in [0.25, 0.3) is 0 Å². The lowest BCUT2D eigenvalue weighted by Crippen LogP contribution is -2.55. The van der Waals surface area contributed by atoms with E-state index >= 15 is 0 Å². The molecule has 2 nitrogen and oxygen atoms in total. The van der Waals surface area contributed by atoms with Gasteiger partial charge in [0.1, 0.15) is 0 Å². The van der Waals surface area contributed by atoms with Crippen molar-refractivity contribution in [3.8, 4) is 0 Å². The maximum atomic E-state index is 6.28. The summed E-state index contributed by atoms with van der Waals surface area (Å²) >= 11 is 0. The van der Waals surface area contributed by atoms with Gasteiger partial charge in [-0.2, -0.15) is 0 Å². The Balaban J connectivity index is 1.76. The van der Waals surface area contributed by atoms with Gasteiger partial charge in [-0.15, -0.1) is 0 Å². The molecule has 1 saturated carbocycles. The standard InChI is InChI=1S/C12H24N2/c13-12(7-6-8-12)11-14-9-4-2-1-3-5-10-14/h1-11,13H2. The highest BCUT2D eigenvalue weighted by atomic mass is 15.1. The van der Waals surface area contributed by atoms with E-state index < -0.39 is 0 Å². The fourth-order valence-electron chi connectivity index (χ4n) is 2.71. The molecule has 0 aromatic heterocycles. The van der Waals surface area contributed by atoms with Crippen LogP contribution in [0.4, 0.5) is 0 Å². The van der Waals surface area contributed by atoms with Gasteiger partial charge in [-0.1, -0.05) is 19.3 Å². The highest BCUT2D eigenvalue weighted by Gasteiger charge is 2.33. The van der Waals surface area contributed by atoms with E-state index in [9.17, 15) is 0 Å². The first-order valence-electron chi connectivity index (χ1n) is 6.30. The van der Waals surface area contributed by atoms with Gasteiger partial charge in [-0.3, -0.25) is 0 Å². The molecule has 0 spiro atoms. The van der Waals surface area contributed by atoms with Crippen LogP contribution in [-0.2, 0) is 0 Å². The first kappa shape index (κ1) is 10.4. The van der Waals surface area contributed by atoms with Gasteiger partial charge in [0.2, 0.25) is 0 Å². The Morgan fingerprint density at radius 3 is 1.93 bits per heavy atom. The highest BCUT2D eigenvalue weighted by Crippen LogP contribution is 2.30. The van der Waals surface area contributed by atoms with Crippen molar-refractivity contribution >= 4 is 0 Å². The Kier molecular flexibility index (Phi) is 3.45. The smallest absolute Gasteiger partial charge is 0.0283 e. The summed E-state index contributed by atoms with van der Waals surface area (Å²) in [4.78, 5) is 2.61. The molecule has 2 N–H and O–H groups in total. The van der Waals surface area contributed by atoms with Crippen molar-refractivity contribution in [1.29, 1.82) is 0 Å². The van der Waals surface area contributed by atoms with Crippen LogP contribution in [0.5, 0.6) is 0 Å². The van der Waals surface area contributed by atoms with Gasteiger partial charge in [0.15, 0.2) is 0 Å². The quantitative estimate of drug-likeness (QED) is 0.733. The van der Waals surface area contributed by atoms with E-state index in [4.69, 9.17) is 5.73 Å². The lowest BCUT2D eigenvalue weighted by molar-refractivity contribution is 0.136. The lowest BCUT2D eigenvalue weighted by Gasteiger charge is -2.42. The van der Waals surface area contributed by atoms with Crippen molar-refractivity contribution in [2.45, 2.75) is 56.9 Å². The Morgan fingerprint density at radius 1 is 0.857 bits per heavy atom. The predicted octanol–water partition coefficient (Wildman–Crippen LogP) is 2.13. The molecule has 2 rings (SSSR count). The van der Waals surface area contributed by atoms with Crippen LogP contribution in [0.15, 0.2) is 0 Å². The third-order valence-electron chi connectivity index (χ3n) is 3.84. The van der Waals surface area contributed by atoms with Crippen molar-refractivity contribution in [2.24, 2.45) is 5.73 Å². The van der Waals surface area contributed by atoms with Crippen LogP contribution < -0.4 is 5.73 Å². The number of nitrogens with zero attached hydrogens (tertiary/aromatic N) is 1. The molecule has 1 saturated heterocycles. The summed E-state index contributed by atoms with van der Waals surface area (Å²) < 4.78 is 0. The largest absolute Gasteiger partial charge is 0.324 e. The Hall–Kier alpha value is -0.0800.